The van der Waals surface area contributed by atoms with Crippen LogP contribution in [0.4, 0.5) is 0 Å². The number of nitrogens with zero attached hydrogens (tertiary/aromatic N) is 1. The number of hydrogen-bond acceptors (Lipinski definition) is 4. The predicted molar refractivity (Wildman–Crippen MR) is 85.1 cm³/mol. The lowest BCUT2D eigenvalue weighted by atomic mass is 10.1. The van der Waals surface area contributed by atoms with Gasteiger partial charge in [0.25, 0.3) is 5.56 Å². The molecule has 6 nitrogen and oxygen atoms in total. The van der Waals surface area contributed by atoms with E-state index in [0.717, 1.165) is 11.3 Å². The van der Waals surface area contributed by atoms with Gasteiger partial charge in [0.15, 0.2) is 0 Å². The van der Waals surface area contributed by atoms with Crippen molar-refractivity contribution in [3.8, 4) is 5.75 Å². The summed E-state index contributed by atoms with van der Waals surface area (Å²) in [6, 6.07) is 11.8. The van der Waals surface area contributed by atoms with Crippen LogP contribution >= 0.6 is 0 Å². The standard InChI is InChI=1S/C17H14N2O4/c1-23-12-5-2-10(3-6-12)8-15-16(20)19-13-7-4-11(17(21)22)9-14(13)18-15/h2-7,9H,8H2,1H3,(H,19,20)(H,21,22). The van der Waals surface area contributed by atoms with Crippen molar-refractivity contribution in [2.24, 2.45) is 0 Å². The molecule has 0 aliphatic heterocycles. The number of carbonyl (C=O) groups is 1. The monoisotopic (exact) mass is 310 g/mol. The fraction of sp³-hybridized carbons (Fsp3) is 0.118. The fourth-order valence-electron chi connectivity index (χ4n) is 2.31. The quantitative estimate of drug-likeness (QED) is 0.771. The molecule has 0 radical (unpaired) electrons. The van der Waals surface area contributed by atoms with E-state index in [1.54, 1.807) is 13.2 Å². The second-order valence-electron chi connectivity index (χ2n) is 5.07. The lowest BCUT2D eigenvalue weighted by molar-refractivity contribution is 0.0697. The molecular formula is C17H14N2O4. The van der Waals surface area contributed by atoms with Gasteiger partial charge in [0.1, 0.15) is 11.4 Å². The van der Waals surface area contributed by atoms with Gasteiger partial charge in [0, 0.05) is 6.42 Å². The van der Waals surface area contributed by atoms with Gasteiger partial charge in [-0.15, -0.1) is 0 Å². The first kappa shape index (κ1) is 14.8. The number of carboxylic acid groups (broad SMARTS) is 1. The lowest BCUT2D eigenvalue weighted by Crippen LogP contribution is -2.15. The van der Waals surface area contributed by atoms with Crippen LogP contribution in [-0.4, -0.2) is 28.2 Å². The van der Waals surface area contributed by atoms with Crippen molar-refractivity contribution in [1.82, 2.24) is 9.97 Å². The molecule has 23 heavy (non-hydrogen) atoms. The number of aromatic amines is 1. The van der Waals surface area contributed by atoms with E-state index >= 15 is 0 Å². The molecule has 116 valence electrons. The Morgan fingerprint density at radius 2 is 1.96 bits per heavy atom. The maximum absolute atomic E-state index is 12.1. The molecule has 2 aromatic carbocycles. The van der Waals surface area contributed by atoms with Gasteiger partial charge in [-0.1, -0.05) is 12.1 Å². The van der Waals surface area contributed by atoms with Crippen molar-refractivity contribution in [1.29, 1.82) is 0 Å². The van der Waals surface area contributed by atoms with Crippen LogP contribution in [0.2, 0.25) is 0 Å². The van der Waals surface area contributed by atoms with Gasteiger partial charge in [0.2, 0.25) is 0 Å². The number of benzene rings is 2. The number of rotatable bonds is 4. The summed E-state index contributed by atoms with van der Waals surface area (Å²) in [6.45, 7) is 0. The number of fused-ring (bicyclic) bond motifs is 1. The predicted octanol–water partition coefficient (Wildman–Crippen LogP) is 2.22. The van der Waals surface area contributed by atoms with Gasteiger partial charge in [-0.2, -0.15) is 0 Å². The first-order valence-electron chi connectivity index (χ1n) is 6.96. The van der Waals surface area contributed by atoms with Crippen LogP contribution in [0.15, 0.2) is 47.3 Å². The van der Waals surface area contributed by atoms with E-state index in [1.165, 1.54) is 12.1 Å². The third kappa shape index (κ3) is 3.06. The smallest absolute Gasteiger partial charge is 0.335 e. The molecule has 6 heteroatoms. The molecule has 0 fully saturated rings. The van der Waals surface area contributed by atoms with Crippen molar-refractivity contribution in [2.45, 2.75) is 6.42 Å². The highest BCUT2D eigenvalue weighted by Gasteiger charge is 2.09. The van der Waals surface area contributed by atoms with Crippen LogP contribution < -0.4 is 10.3 Å². The van der Waals surface area contributed by atoms with E-state index < -0.39 is 5.97 Å². The number of H-pyrrole nitrogens is 1. The van der Waals surface area contributed by atoms with Crippen LogP contribution in [0.3, 0.4) is 0 Å². The van der Waals surface area contributed by atoms with Gasteiger partial charge < -0.3 is 14.8 Å². The van der Waals surface area contributed by atoms with Gasteiger partial charge in [-0.3, -0.25) is 4.79 Å². The Morgan fingerprint density at radius 3 is 2.61 bits per heavy atom. The summed E-state index contributed by atoms with van der Waals surface area (Å²) < 4.78 is 5.10. The van der Waals surface area contributed by atoms with Crippen LogP contribution in [-0.2, 0) is 6.42 Å². The van der Waals surface area contributed by atoms with Crippen molar-refractivity contribution in [3.63, 3.8) is 0 Å². The summed E-state index contributed by atoms with van der Waals surface area (Å²) in [5.74, 6) is -0.295. The van der Waals surface area contributed by atoms with E-state index in [0.29, 0.717) is 23.1 Å². The van der Waals surface area contributed by atoms with Crippen molar-refractivity contribution in [2.75, 3.05) is 7.11 Å². The van der Waals surface area contributed by atoms with Gasteiger partial charge in [0.05, 0.1) is 23.7 Å². The lowest BCUT2D eigenvalue weighted by Gasteiger charge is -2.05. The molecule has 0 bridgehead atoms. The molecule has 0 unspecified atom stereocenters. The molecule has 0 amide bonds. The largest absolute Gasteiger partial charge is 0.497 e. The summed E-state index contributed by atoms with van der Waals surface area (Å²) in [7, 11) is 1.59. The molecule has 0 aliphatic rings. The number of methoxy groups -OCH3 is 1. The Hall–Kier alpha value is -3.15. The van der Waals surface area contributed by atoms with E-state index in [1.807, 2.05) is 24.3 Å². The van der Waals surface area contributed by atoms with Crippen LogP contribution in [0.5, 0.6) is 5.75 Å². The Morgan fingerprint density at radius 1 is 1.22 bits per heavy atom. The van der Waals surface area contributed by atoms with E-state index in [-0.39, 0.29) is 11.1 Å². The Balaban J connectivity index is 2.00. The minimum absolute atomic E-state index is 0.132. The van der Waals surface area contributed by atoms with Crippen molar-refractivity contribution >= 4 is 17.0 Å². The summed E-state index contributed by atoms with van der Waals surface area (Å²) in [5, 5.41) is 9.04. The number of aromatic carboxylic acids is 1. The topological polar surface area (TPSA) is 92.3 Å². The maximum Gasteiger partial charge on any atom is 0.335 e. The van der Waals surface area contributed by atoms with Crippen LogP contribution in [0.25, 0.3) is 11.0 Å². The second kappa shape index (κ2) is 5.92. The summed E-state index contributed by atoms with van der Waals surface area (Å²) in [5.41, 5.74) is 2.07. The minimum Gasteiger partial charge on any atom is -0.497 e. The number of nitrogens with one attached hydrogen (secondary N) is 1. The zero-order valence-electron chi connectivity index (χ0n) is 12.4. The SMILES string of the molecule is COc1ccc(Cc2nc3cc(C(=O)O)ccc3[nH]c2=O)cc1. The molecule has 0 atom stereocenters. The summed E-state index contributed by atoms with van der Waals surface area (Å²) in [4.78, 5) is 30.2. The highest BCUT2D eigenvalue weighted by Crippen LogP contribution is 2.15. The average Bonchev–Trinajstić information content (AvgIpc) is 2.55. The van der Waals surface area contributed by atoms with Gasteiger partial charge >= 0.3 is 5.97 Å². The average molecular weight is 310 g/mol. The highest BCUT2D eigenvalue weighted by atomic mass is 16.5. The summed E-state index contributed by atoms with van der Waals surface area (Å²) >= 11 is 0. The Bertz CT molecular complexity index is 929. The van der Waals surface area contributed by atoms with Gasteiger partial charge in [-0.05, 0) is 35.9 Å². The molecule has 3 rings (SSSR count). The number of carboxylic acids is 1. The fourth-order valence-corrected chi connectivity index (χ4v) is 2.31. The van der Waals surface area contributed by atoms with E-state index in [9.17, 15) is 9.59 Å². The Kier molecular flexibility index (Phi) is 3.80. The molecule has 3 aromatic rings. The number of aromatic nitrogens is 2. The first-order chi connectivity index (χ1) is 11.1. The maximum atomic E-state index is 12.1. The van der Waals surface area contributed by atoms with Crippen molar-refractivity contribution < 1.29 is 14.6 Å². The molecule has 2 N–H and O–H groups in total. The van der Waals surface area contributed by atoms with E-state index in [2.05, 4.69) is 9.97 Å². The molecule has 0 saturated heterocycles. The van der Waals surface area contributed by atoms with Gasteiger partial charge in [-0.25, -0.2) is 9.78 Å². The molecule has 1 aromatic heterocycles. The van der Waals surface area contributed by atoms with E-state index in [4.69, 9.17) is 9.84 Å². The highest BCUT2D eigenvalue weighted by molar-refractivity contribution is 5.92. The number of hydrogen-bond donors (Lipinski definition) is 2. The second-order valence-corrected chi connectivity index (χ2v) is 5.07. The third-order valence-electron chi connectivity index (χ3n) is 3.54. The molecule has 1 heterocycles. The van der Waals surface area contributed by atoms with Crippen LogP contribution in [0.1, 0.15) is 21.6 Å². The van der Waals surface area contributed by atoms with Crippen molar-refractivity contribution in [3.05, 3.63) is 69.6 Å². The zero-order valence-corrected chi connectivity index (χ0v) is 12.4. The Labute approximate surface area is 131 Å². The minimum atomic E-state index is -1.03. The molecular weight excluding hydrogens is 296 g/mol. The number of ether oxygens (including phenoxy) is 1. The molecule has 0 aliphatic carbocycles. The summed E-state index contributed by atoms with van der Waals surface area (Å²) in [6.07, 6.45) is 0.354. The molecule has 0 saturated carbocycles. The normalized spacial score (nSPS) is 10.7. The third-order valence-corrected chi connectivity index (χ3v) is 3.54. The zero-order chi connectivity index (χ0) is 16.4. The molecule has 0 spiro atoms. The first-order valence-corrected chi connectivity index (χ1v) is 6.96. The van der Waals surface area contributed by atoms with Crippen LogP contribution in [0, 0.1) is 0 Å².